The highest BCUT2D eigenvalue weighted by Gasteiger charge is 2.52. The Morgan fingerprint density at radius 1 is 0.885 bits per heavy atom. The molecule has 138 valence electrons. The van der Waals surface area contributed by atoms with Crippen LogP contribution >= 0.6 is 0 Å². The van der Waals surface area contributed by atoms with Gasteiger partial charge in [0.15, 0.2) is 0 Å². The van der Waals surface area contributed by atoms with Crippen LogP contribution in [-0.4, -0.2) is 18.3 Å². The second-order valence-electron chi connectivity index (χ2n) is 7.38. The third-order valence-electron chi connectivity index (χ3n) is 4.94. The zero-order chi connectivity index (χ0) is 19.2. The third-order valence-corrected chi connectivity index (χ3v) is 4.94. The highest BCUT2D eigenvalue weighted by molar-refractivity contribution is 6.64. The van der Waals surface area contributed by atoms with E-state index in [1.807, 2.05) is 58.0 Å². The molecular weight excluding hydrogens is 342 g/mol. The van der Waals surface area contributed by atoms with Crippen molar-refractivity contribution in [3.8, 4) is 0 Å². The summed E-state index contributed by atoms with van der Waals surface area (Å²) in [5.74, 6) is 0. The number of hydrogen-bond donors (Lipinski definition) is 1. The van der Waals surface area contributed by atoms with Crippen molar-refractivity contribution in [3.63, 3.8) is 0 Å². The van der Waals surface area contributed by atoms with Gasteiger partial charge in [-0.2, -0.15) is 13.2 Å². The van der Waals surface area contributed by atoms with Crippen molar-refractivity contribution in [1.82, 2.24) is 0 Å². The van der Waals surface area contributed by atoms with Gasteiger partial charge in [0, 0.05) is 16.8 Å². The van der Waals surface area contributed by atoms with Gasteiger partial charge in [0.25, 0.3) is 0 Å². The molecule has 1 N–H and O–H groups in total. The molecule has 26 heavy (non-hydrogen) atoms. The molecular formula is C19H21BF3NO2. The Hall–Kier alpha value is -1.99. The van der Waals surface area contributed by atoms with E-state index in [-0.39, 0.29) is 0 Å². The number of rotatable bonds is 3. The van der Waals surface area contributed by atoms with E-state index in [1.165, 1.54) is 6.07 Å². The Bertz CT molecular complexity index is 775. The molecule has 1 heterocycles. The SMILES string of the molecule is CC1(C)OB(c2cc(C(F)(F)F)ccc2Nc2ccccc2)OC1(C)C. The van der Waals surface area contributed by atoms with E-state index in [0.717, 1.165) is 17.8 Å². The fourth-order valence-corrected chi connectivity index (χ4v) is 2.69. The molecule has 0 saturated carbocycles. The van der Waals surface area contributed by atoms with Crippen molar-refractivity contribution in [1.29, 1.82) is 0 Å². The van der Waals surface area contributed by atoms with Crippen LogP contribution in [0, 0.1) is 0 Å². The summed E-state index contributed by atoms with van der Waals surface area (Å²) in [6, 6.07) is 12.8. The number of para-hydroxylation sites is 1. The lowest BCUT2D eigenvalue weighted by atomic mass is 9.77. The van der Waals surface area contributed by atoms with Crippen LogP contribution in [0.25, 0.3) is 0 Å². The van der Waals surface area contributed by atoms with Gasteiger partial charge in [-0.15, -0.1) is 0 Å². The molecule has 1 aliphatic heterocycles. The van der Waals surface area contributed by atoms with E-state index >= 15 is 0 Å². The van der Waals surface area contributed by atoms with Crippen LogP contribution in [0.1, 0.15) is 33.3 Å². The molecule has 1 fully saturated rings. The molecule has 0 aliphatic carbocycles. The lowest BCUT2D eigenvalue weighted by Crippen LogP contribution is -2.41. The second-order valence-corrected chi connectivity index (χ2v) is 7.38. The molecule has 0 amide bonds. The minimum Gasteiger partial charge on any atom is -0.399 e. The van der Waals surface area contributed by atoms with Crippen LogP contribution in [-0.2, 0) is 15.5 Å². The Balaban J connectivity index is 2.03. The van der Waals surface area contributed by atoms with Crippen LogP contribution in [0.15, 0.2) is 48.5 Å². The quantitative estimate of drug-likeness (QED) is 0.799. The van der Waals surface area contributed by atoms with Gasteiger partial charge in [-0.3, -0.25) is 0 Å². The fraction of sp³-hybridized carbons (Fsp3) is 0.368. The molecule has 0 unspecified atom stereocenters. The van der Waals surface area contributed by atoms with Gasteiger partial charge in [-0.25, -0.2) is 0 Å². The van der Waals surface area contributed by atoms with Gasteiger partial charge < -0.3 is 14.6 Å². The minimum absolute atomic E-state index is 0.322. The van der Waals surface area contributed by atoms with E-state index in [0.29, 0.717) is 11.2 Å². The Morgan fingerprint density at radius 3 is 2.00 bits per heavy atom. The van der Waals surface area contributed by atoms with Crippen molar-refractivity contribution >= 4 is 24.0 Å². The Kier molecular flexibility index (Phi) is 4.57. The highest BCUT2D eigenvalue weighted by atomic mass is 19.4. The van der Waals surface area contributed by atoms with Gasteiger partial charge in [0.1, 0.15) is 0 Å². The van der Waals surface area contributed by atoms with Crippen molar-refractivity contribution in [2.75, 3.05) is 5.32 Å². The average molecular weight is 363 g/mol. The summed E-state index contributed by atoms with van der Waals surface area (Å²) in [4.78, 5) is 0. The molecule has 2 aromatic carbocycles. The average Bonchev–Trinajstić information content (AvgIpc) is 2.75. The topological polar surface area (TPSA) is 30.5 Å². The second kappa shape index (κ2) is 6.32. The normalized spacial score (nSPS) is 18.8. The van der Waals surface area contributed by atoms with Crippen molar-refractivity contribution in [2.24, 2.45) is 0 Å². The summed E-state index contributed by atoms with van der Waals surface area (Å²) >= 11 is 0. The van der Waals surface area contributed by atoms with E-state index in [2.05, 4.69) is 5.32 Å². The van der Waals surface area contributed by atoms with E-state index in [4.69, 9.17) is 9.31 Å². The van der Waals surface area contributed by atoms with Gasteiger partial charge in [0.05, 0.1) is 16.8 Å². The number of anilines is 2. The van der Waals surface area contributed by atoms with Crippen LogP contribution in [0.3, 0.4) is 0 Å². The molecule has 1 saturated heterocycles. The summed E-state index contributed by atoms with van der Waals surface area (Å²) in [5, 5.41) is 3.16. The van der Waals surface area contributed by atoms with E-state index in [9.17, 15) is 13.2 Å². The number of hydrogen-bond acceptors (Lipinski definition) is 3. The number of alkyl halides is 3. The van der Waals surface area contributed by atoms with Crippen LogP contribution < -0.4 is 10.8 Å². The van der Waals surface area contributed by atoms with Crippen molar-refractivity contribution in [3.05, 3.63) is 54.1 Å². The van der Waals surface area contributed by atoms with Crippen LogP contribution in [0.2, 0.25) is 0 Å². The van der Waals surface area contributed by atoms with E-state index < -0.39 is 30.1 Å². The smallest absolute Gasteiger partial charge is 0.399 e. The first-order valence-corrected chi connectivity index (χ1v) is 8.38. The largest absolute Gasteiger partial charge is 0.496 e. The summed E-state index contributed by atoms with van der Waals surface area (Å²) in [6.07, 6.45) is -4.44. The maximum atomic E-state index is 13.2. The lowest BCUT2D eigenvalue weighted by molar-refractivity contribution is -0.137. The molecule has 1 aliphatic rings. The number of halogens is 3. The third kappa shape index (κ3) is 3.59. The summed E-state index contributed by atoms with van der Waals surface area (Å²) in [7, 11) is -0.895. The molecule has 0 aromatic heterocycles. The standard InChI is InChI=1S/C19H21BF3NO2/c1-17(2)18(3,4)26-20(25-17)15-12-13(19(21,22)23)10-11-16(15)24-14-8-6-5-7-9-14/h5-12,24H,1-4H3. The molecule has 3 rings (SSSR count). The predicted octanol–water partition coefficient (Wildman–Crippen LogP) is 4.75. The zero-order valence-electron chi connectivity index (χ0n) is 15.1. The van der Waals surface area contributed by atoms with Crippen LogP contribution in [0.5, 0.6) is 0 Å². The monoisotopic (exact) mass is 363 g/mol. The van der Waals surface area contributed by atoms with Gasteiger partial charge in [-0.1, -0.05) is 18.2 Å². The maximum absolute atomic E-state index is 13.2. The zero-order valence-corrected chi connectivity index (χ0v) is 15.1. The Morgan fingerprint density at radius 2 is 1.46 bits per heavy atom. The molecule has 2 aromatic rings. The van der Waals surface area contributed by atoms with Gasteiger partial charge in [0.2, 0.25) is 0 Å². The van der Waals surface area contributed by atoms with Crippen molar-refractivity contribution < 1.29 is 22.5 Å². The van der Waals surface area contributed by atoms with E-state index in [1.54, 1.807) is 0 Å². The summed E-state index contributed by atoms with van der Waals surface area (Å²) in [6.45, 7) is 7.46. The Labute approximate surface area is 151 Å². The lowest BCUT2D eigenvalue weighted by Gasteiger charge is -2.32. The minimum atomic E-state index is -4.44. The fourth-order valence-electron chi connectivity index (χ4n) is 2.69. The van der Waals surface area contributed by atoms with Gasteiger partial charge in [-0.05, 0) is 58.0 Å². The summed E-state index contributed by atoms with van der Waals surface area (Å²) in [5.41, 5.74) is -0.415. The number of benzene rings is 2. The predicted molar refractivity (Wildman–Crippen MR) is 96.9 cm³/mol. The first kappa shape index (κ1) is 18.8. The molecule has 7 heteroatoms. The highest BCUT2D eigenvalue weighted by Crippen LogP contribution is 2.38. The molecule has 3 nitrogen and oxygen atoms in total. The summed E-state index contributed by atoms with van der Waals surface area (Å²) < 4.78 is 51.6. The molecule has 0 bridgehead atoms. The first-order valence-electron chi connectivity index (χ1n) is 8.38. The van der Waals surface area contributed by atoms with Crippen molar-refractivity contribution in [2.45, 2.75) is 45.1 Å². The molecule has 0 atom stereocenters. The molecule has 0 radical (unpaired) electrons. The maximum Gasteiger partial charge on any atom is 0.496 e. The number of nitrogens with one attached hydrogen (secondary N) is 1. The first-order chi connectivity index (χ1) is 12.0. The van der Waals surface area contributed by atoms with Gasteiger partial charge >= 0.3 is 13.3 Å². The van der Waals surface area contributed by atoms with Crippen LogP contribution in [0.4, 0.5) is 24.5 Å². The molecule has 0 spiro atoms.